The first-order valence-electron chi connectivity index (χ1n) is 8.30. The van der Waals surface area contributed by atoms with Crippen molar-refractivity contribution in [2.75, 3.05) is 7.11 Å². The van der Waals surface area contributed by atoms with Crippen LogP contribution < -0.4 is 0 Å². The average Bonchev–Trinajstić information content (AvgIpc) is 2.76. The molecule has 1 saturated carbocycles. The van der Waals surface area contributed by atoms with Gasteiger partial charge in [0.1, 0.15) is 0 Å². The SMILES string of the molecule is CO[C@H]1O[C@]2(C)OO[C@]13CCCC[C@@H]3C[C@@H]2c1ccccc1. The lowest BCUT2D eigenvalue weighted by Crippen LogP contribution is -2.59. The summed E-state index contributed by atoms with van der Waals surface area (Å²) in [4.78, 5) is 11.8. The molecule has 0 N–H and O–H groups in total. The molecule has 0 amide bonds. The van der Waals surface area contributed by atoms with Crippen LogP contribution >= 0.6 is 0 Å². The van der Waals surface area contributed by atoms with Crippen molar-refractivity contribution in [2.24, 2.45) is 5.92 Å². The van der Waals surface area contributed by atoms with Crippen molar-refractivity contribution in [1.82, 2.24) is 0 Å². The van der Waals surface area contributed by atoms with Crippen molar-refractivity contribution >= 4 is 0 Å². The van der Waals surface area contributed by atoms with Crippen LogP contribution in [0.5, 0.6) is 0 Å². The lowest BCUT2D eigenvalue weighted by atomic mass is 9.70. The van der Waals surface area contributed by atoms with Crippen molar-refractivity contribution in [1.29, 1.82) is 0 Å². The first kappa shape index (κ1) is 14.6. The van der Waals surface area contributed by atoms with Gasteiger partial charge < -0.3 is 9.47 Å². The third-order valence-electron chi connectivity index (χ3n) is 5.73. The smallest absolute Gasteiger partial charge is 0.208 e. The molecule has 1 spiro atoms. The molecular weight excluding hydrogens is 280 g/mol. The molecule has 5 atom stereocenters. The first-order chi connectivity index (χ1) is 10.7. The molecule has 3 heterocycles. The molecule has 120 valence electrons. The fourth-order valence-corrected chi connectivity index (χ4v) is 4.52. The van der Waals surface area contributed by atoms with E-state index in [0.717, 1.165) is 25.7 Å². The van der Waals surface area contributed by atoms with E-state index in [9.17, 15) is 0 Å². The maximum atomic E-state index is 6.30. The highest BCUT2D eigenvalue weighted by Gasteiger charge is 2.63. The lowest BCUT2D eigenvalue weighted by Gasteiger charge is -2.49. The average molecular weight is 304 g/mol. The van der Waals surface area contributed by atoms with E-state index in [2.05, 4.69) is 24.3 Å². The van der Waals surface area contributed by atoms with E-state index in [1.165, 1.54) is 12.0 Å². The summed E-state index contributed by atoms with van der Waals surface area (Å²) in [5.41, 5.74) is 0.794. The Morgan fingerprint density at radius 3 is 2.73 bits per heavy atom. The molecular formula is C18H24O4. The summed E-state index contributed by atoms with van der Waals surface area (Å²) in [5.74, 6) is -0.246. The quantitative estimate of drug-likeness (QED) is 0.779. The van der Waals surface area contributed by atoms with Crippen LogP contribution in [0.25, 0.3) is 0 Å². The number of benzene rings is 1. The Labute approximate surface area is 131 Å². The van der Waals surface area contributed by atoms with Crippen molar-refractivity contribution in [3.8, 4) is 0 Å². The minimum Gasteiger partial charge on any atom is -0.353 e. The zero-order valence-corrected chi connectivity index (χ0v) is 13.3. The topological polar surface area (TPSA) is 36.9 Å². The van der Waals surface area contributed by atoms with Crippen LogP contribution in [-0.4, -0.2) is 24.8 Å². The van der Waals surface area contributed by atoms with Crippen molar-refractivity contribution in [3.63, 3.8) is 0 Å². The number of rotatable bonds is 2. The molecule has 4 nitrogen and oxygen atoms in total. The van der Waals surface area contributed by atoms with Crippen LogP contribution in [0, 0.1) is 5.92 Å². The summed E-state index contributed by atoms with van der Waals surface area (Å²) < 4.78 is 12.0. The minimum atomic E-state index is -0.801. The predicted octanol–water partition coefficient (Wildman–Crippen LogP) is 3.77. The summed E-state index contributed by atoms with van der Waals surface area (Å²) >= 11 is 0. The molecule has 1 aliphatic carbocycles. The molecule has 22 heavy (non-hydrogen) atoms. The van der Waals surface area contributed by atoms with E-state index in [0.29, 0.717) is 5.92 Å². The van der Waals surface area contributed by atoms with Gasteiger partial charge in [-0.1, -0.05) is 43.2 Å². The minimum absolute atomic E-state index is 0.152. The molecule has 1 aromatic rings. The Morgan fingerprint density at radius 1 is 1.14 bits per heavy atom. The molecule has 1 aromatic carbocycles. The molecule has 4 aliphatic rings. The molecule has 3 saturated heterocycles. The maximum absolute atomic E-state index is 6.30. The summed E-state index contributed by atoms with van der Waals surface area (Å²) in [6, 6.07) is 10.5. The van der Waals surface area contributed by atoms with Crippen LogP contribution in [-0.2, 0) is 19.2 Å². The van der Waals surface area contributed by atoms with E-state index in [4.69, 9.17) is 19.2 Å². The van der Waals surface area contributed by atoms with Crippen LogP contribution in [0.3, 0.4) is 0 Å². The first-order valence-corrected chi connectivity index (χ1v) is 8.30. The van der Waals surface area contributed by atoms with Gasteiger partial charge >= 0.3 is 0 Å². The fourth-order valence-electron chi connectivity index (χ4n) is 4.52. The third kappa shape index (κ3) is 2.05. The van der Waals surface area contributed by atoms with Crippen molar-refractivity contribution in [3.05, 3.63) is 35.9 Å². The largest absolute Gasteiger partial charge is 0.353 e. The fraction of sp³-hybridized carbons (Fsp3) is 0.667. The molecule has 4 heteroatoms. The monoisotopic (exact) mass is 304 g/mol. The van der Waals surface area contributed by atoms with Gasteiger partial charge in [-0.25, -0.2) is 4.89 Å². The molecule has 5 rings (SSSR count). The summed E-state index contributed by atoms with van der Waals surface area (Å²) in [6.07, 6.45) is 5.12. The van der Waals surface area contributed by atoms with E-state index in [1.807, 2.05) is 13.0 Å². The van der Waals surface area contributed by atoms with E-state index in [1.54, 1.807) is 7.11 Å². The molecule has 2 bridgehead atoms. The Balaban J connectivity index is 1.77. The van der Waals surface area contributed by atoms with E-state index in [-0.39, 0.29) is 12.2 Å². The van der Waals surface area contributed by atoms with E-state index < -0.39 is 11.4 Å². The predicted molar refractivity (Wildman–Crippen MR) is 80.9 cm³/mol. The molecule has 0 radical (unpaired) electrons. The van der Waals surface area contributed by atoms with Gasteiger partial charge in [0.25, 0.3) is 0 Å². The van der Waals surface area contributed by atoms with Crippen molar-refractivity contribution < 1.29 is 19.2 Å². The van der Waals surface area contributed by atoms with Gasteiger partial charge in [0.05, 0.1) is 0 Å². The van der Waals surface area contributed by atoms with Gasteiger partial charge in [-0.3, -0.25) is 0 Å². The normalized spacial score (nSPS) is 44.4. The van der Waals surface area contributed by atoms with Gasteiger partial charge in [0.15, 0.2) is 11.9 Å². The molecule has 4 fully saturated rings. The highest BCUT2D eigenvalue weighted by Crippen LogP contribution is 2.56. The number of ether oxygens (including phenoxy) is 2. The standard InChI is InChI=1S/C18H24O4/c1-17-15(13-8-4-3-5-9-13)12-14-10-6-7-11-18(14,22-21-17)16(19-2)20-17/h3-5,8-9,14-16H,6-7,10-12H2,1-2H3/t14-,15-,16+,17-,18+/m1/s1. The van der Waals surface area contributed by atoms with Gasteiger partial charge in [-0.05, 0) is 37.7 Å². The molecule has 3 aliphatic heterocycles. The number of fused-ring (bicyclic) bond motifs is 3. The second kappa shape index (κ2) is 5.31. The second-order valence-electron chi connectivity index (χ2n) is 6.96. The van der Waals surface area contributed by atoms with Crippen LogP contribution in [0.4, 0.5) is 0 Å². The molecule has 0 aromatic heterocycles. The second-order valence-corrected chi connectivity index (χ2v) is 6.96. The summed E-state index contributed by atoms with van der Waals surface area (Å²) in [7, 11) is 1.70. The molecule has 0 unspecified atom stereocenters. The Morgan fingerprint density at radius 2 is 1.95 bits per heavy atom. The summed E-state index contributed by atoms with van der Waals surface area (Å²) in [5, 5.41) is 0. The van der Waals surface area contributed by atoms with Crippen molar-refractivity contribution in [2.45, 2.75) is 62.6 Å². The summed E-state index contributed by atoms with van der Waals surface area (Å²) in [6.45, 7) is 1.97. The van der Waals surface area contributed by atoms with Gasteiger partial charge in [0, 0.05) is 13.0 Å². The van der Waals surface area contributed by atoms with Crippen LogP contribution in [0.1, 0.15) is 50.5 Å². The number of methoxy groups -OCH3 is 1. The Bertz CT molecular complexity index is 533. The Kier molecular flexibility index (Phi) is 3.53. The number of hydrogen-bond acceptors (Lipinski definition) is 4. The van der Waals surface area contributed by atoms with Gasteiger partial charge in [-0.2, -0.15) is 4.89 Å². The van der Waals surface area contributed by atoms with Gasteiger partial charge in [0.2, 0.25) is 5.79 Å². The third-order valence-corrected chi connectivity index (χ3v) is 5.73. The van der Waals surface area contributed by atoms with E-state index >= 15 is 0 Å². The Hall–Kier alpha value is -0.940. The maximum Gasteiger partial charge on any atom is 0.208 e. The zero-order chi connectivity index (χ0) is 15.2. The van der Waals surface area contributed by atoms with Crippen LogP contribution in [0.15, 0.2) is 30.3 Å². The van der Waals surface area contributed by atoms with Crippen LogP contribution in [0.2, 0.25) is 0 Å². The zero-order valence-electron chi connectivity index (χ0n) is 13.3. The highest BCUT2D eigenvalue weighted by molar-refractivity contribution is 5.23. The van der Waals surface area contributed by atoms with Gasteiger partial charge in [-0.15, -0.1) is 0 Å². The highest BCUT2D eigenvalue weighted by atomic mass is 17.3. The lowest BCUT2D eigenvalue weighted by molar-refractivity contribution is -0.550. The number of hydrogen-bond donors (Lipinski definition) is 0.